The number of rotatable bonds is 5. The molecule has 2 N–H and O–H groups in total. The number of hydrogen-bond acceptors (Lipinski definition) is 5. The molecular weight excluding hydrogens is 385 g/mol. The zero-order chi connectivity index (χ0) is 20.9. The average molecular weight is 403 g/mol. The molecule has 0 unspecified atom stereocenters. The number of urea groups is 1. The van der Waals surface area contributed by atoms with Crippen LogP contribution in [0.15, 0.2) is 83.9 Å². The highest BCUT2D eigenvalue weighted by Crippen LogP contribution is 2.36. The Hall–Kier alpha value is -4.20. The molecule has 0 aliphatic rings. The van der Waals surface area contributed by atoms with E-state index in [4.69, 9.17) is 4.42 Å². The van der Waals surface area contributed by atoms with E-state index in [2.05, 4.69) is 20.6 Å². The molecule has 0 radical (unpaired) electrons. The van der Waals surface area contributed by atoms with Crippen molar-refractivity contribution in [2.24, 2.45) is 0 Å². The van der Waals surface area contributed by atoms with Gasteiger partial charge in [0.15, 0.2) is 0 Å². The van der Waals surface area contributed by atoms with Gasteiger partial charge in [-0.2, -0.15) is 0 Å². The molecule has 0 bridgehead atoms. The molecule has 2 aromatic heterocycles. The van der Waals surface area contributed by atoms with Crippen LogP contribution in [0.25, 0.3) is 0 Å². The van der Waals surface area contributed by atoms with E-state index < -0.39 is 6.03 Å². The van der Waals surface area contributed by atoms with Gasteiger partial charge in [0.2, 0.25) is 0 Å². The molecule has 0 fully saturated rings. The van der Waals surface area contributed by atoms with Crippen molar-refractivity contribution in [3.05, 3.63) is 90.8 Å². The van der Waals surface area contributed by atoms with Gasteiger partial charge in [0.05, 0.1) is 23.8 Å². The molecule has 4 rings (SSSR count). The Bertz CT molecular complexity index is 1130. The van der Waals surface area contributed by atoms with Crippen molar-refractivity contribution >= 4 is 34.8 Å². The van der Waals surface area contributed by atoms with Gasteiger partial charge >= 0.3 is 12.0 Å². The van der Waals surface area contributed by atoms with Crippen molar-refractivity contribution in [2.75, 3.05) is 15.5 Å². The summed E-state index contributed by atoms with van der Waals surface area (Å²) in [5.41, 5.74) is 3.52. The summed E-state index contributed by atoms with van der Waals surface area (Å²) in [6.07, 6.45) is 6.44. The second-order valence-electron chi connectivity index (χ2n) is 6.45. The minimum absolute atomic E-state index is 0.369. The minimum atomic E-state index is -0.444. The second-order valence-corrected chi connectivity index (χ2v) is 6.45. The summed E-state index contributed by atoms with van der Waals surface area (Å²) in [4.78, 5) is 22.6. The van der Waals surface area contributed by atoms with Gasteiger partial charge in [-0.3, -0.25) is 9.88 Å². The molecule has 2 aromatic carbocycles. The summed E-state index contributed by atoms with van der Waals surface area (Å²) in [5, 5.41) is 5.46. The highest BCUT2D eigenvalue weighted by molar-refractivity contribution is 6.00. The van der Waals surface area contributed by atoms with Crippen LogP contribution in [0, 0.1) is 12.7 Å². The van der Waals surface area contributed by atoms with Gasteiger partial charge in [-0.1, -0.05) is 6.07 Å². The van der Waals surface area contributed by atoms with E-state index in [1.165, 1.54) is 30.5 Å². The van der Waals surface area contributed by atoms with Crippen LogP contribution in [-0.4, -0.2) is 16.0 Å². The number of benzene rings is 2. The van der Waals surface area contributed by atoms with Crippen molar-refractivity contribution in [3.8, 4) is 0 Å². The molecule has 30 heavy (non-hydrogen) atoms. The van der Waals surface area contributed by atoms with Crippen LogP contribution in [0.3, 0.4) is 0 Å². The molecule has 8 heteroatoms. The molecule has 2 heterocycles. The number of anilines is 5. The number of nitrogens with one attached hydrogen (secondary N) is 2. The van der Waals surface area contributed by atoms with Crippen molar-refractivity contribution < 1.29 is 13.6 Å². The first-order valence-corrected chi connectivity index (χ1v) is 9.14. The van der Waals surface area contributed by atoms with Gasteiger partial charge in [-0.05, 0) is 61.0 Å². The smallest absolute Gasteiger partial charge is 0.323 e. The first kappa shape index (κ1) is 19.1. The summed E-state index contributed by atoms with van der Waals surface area (Å²) in [7, 11) is 0. The summed E-state index contributed by atoms with van der Waals surface area (Å²) >= 11 is 0. The van der Waals surface area contributed by atoms with E-state index in [-0.39, 0.29) is 5.82 Å². The molecule has 0 atom stereocenters. The fourth-order valence-corrected chi connectivity index (χ4v) is 2.92. The van der Waals surface area contributed by atoms with E-state index in [0.29, 0.717) is 17.4 Å². The Morgan fingerprint density at radius 2 is 1.80 bits per heavy atom. The van der Waals surface area contributed by atoms with Crippen LogP contribution in [0.2, 0.25) is 0 Å². The number of pyridine rings is 1. The number of nitrogens with zero attached hydrogens (tertiary/aromatic N) is 3. The van der Waals surface area contributed by atoms with Crippen molar-refractivity contribution in [1.82, 2.24) is 9.97 Å². The first-order chi connectivity index (χ1) is 14.6. The zero-order valence-electron chi connectivity index (χ0n) is 16.0. The zero-order valence-corrected chi connectivity index (χ0v) is 16.0. The van der Waals surface area contributed by atoms with Crippen molar-refractivity contribution in [2.45, 2.75) is 6.92 Å². The quantitative estimate of drug-likeness (QED) is 0.451. The predicted molar refractivity (Wildman–Crippen MR) is 113 cm³/mol. The Kier molecular flexibility index (Phi) is 5.38. The molecule has 7 nitrogen and oxygen atoms in total. The maximum absolute atomic E-state index is 13.0. The molecule has 0 aliphatic heterocycles. The lowest BCUT2D eigenvalue weighted by atomic mass is 10.1. The number of carbonyl (C=O) groups is 1. The van der Waals surface area contributed by atoms with Crippen LogP contribution in [0.4, 0.5) is 37.9 Å². The van der Waals surface area contributed by atoms with E-state index >= 15 is 0 Å². The Balaban J connectivity index is 1.61. The van der Waals surface area contributed by atoms with Crippen LogP contribution >= 0.6 is 0 Å². The average Bonchev–Trinajstić information content (AvgIpc) is 3.27. The fraction of sp³-hybridized carbons (Fsp3) is 0.0455. The highest BCUT2D eigenvalue weighted by atomic mass is 19.1. The standard InChI is InChI=1S/C22H18FN5O2/c1-15-4-7-18(27-21(29)26-17-8-5-16(23)6-9-17)13-20(15)28(22-25-11-12-30-22)19-3-2-10-24-14-19/h2-14H,1H3,(H2,26,27,29). The number of carbonyl (C=O) groups excluding carboxylic acids is 1. The second kappa shape index (κ2) is 8.44. The fourth-order valence-electron chi connectivity index (χ4n) is 2.92. The Morgan fingerprint density at radius 3 is 2.50 bits per heavy atom. The van der Waals surface area contributed by atoms with Gasteiger partial charge in [0.1, 0.15) is 12.1 Å². The van der Waals surface area contributed by atoms with Crippen molar-refractivity contribution in [1.29, 1.82) is 0 Å². The Morgan fingerprint density at radius 1 is 1.03 bits per heavy atom. The van der Waals surface area contributed by atoms with Gasteiger partial charge in [-0.15, -0.1) is 0 Å². The third-order valence-electron chi connectivity index (χ3n) is 4.32. The molecule has 0 saturated carbocycles. The number of amides is 2. The van der Waals surface area contributed by atoms with Gasteiger partial charge in [-0.25, -0.2) is 14.2 Å². The molecule has 4 aromatic rings. The third kappa shape index (κ3) is 4.27. The topological polar surface area (TPSA) is 83.3 Å². The number of halogens is 1. The van der Waals surface area contributed by atoms with Gasteiger partial charge in [0, 0.05) is 17.6 Å². The van der Waals surface area contributed by atoms with E-state index in [9.17, 15) is 9.18 Å². The third-order valence-corrected chi connectivity index (χ3v) is 4.32. The van der Waals surface area contributed by atoms with Crippen LogP contribution in [0.1, 0.15) is 5.56 Å². The van der Waals surface area contributed by atoms with E-state index in [1.807, 2.05) is 36.1 Å². The predicted octanol–water partition coefficient (Wildman–Crippen LogP) is 5.63. The minimum Gasteiger partial charge on any atom is -0.432 e. The largest absolute Gasteiger partial charge is 0.432 e. The highest BCUT2D eigenvalue weighted by Gasteiger charge is 2.19. The molecule has 2 amide bonds. The molecule has 0 spiro atoms. The molecular formula is C22H18FN5O2. The summed E-state index contributed by atoms with van der Waals surface area (Å²) in [6.45, 7) is 1.95. The maximum atomic E-state index is 13.0. The maximum Gasteiger partial charge on any atom is 0.323 e. The first-order valence-electron chi connectivity index (χ1n) is 9.14. The number of aryl methyl sites for hydroxylation is 1. The number of hydrogen-bond donors (Lipinski definition) is 2. The van der Waals surface area contributed by atoms with E-state index in [0.717, 1.165) is 16.9 Å². The number of aromatic nitrogens is 2. The lowest BCUT2D eigenvalue weighted by Gasteiger charge is -2.23. The van der Waals surface area contributed by atoms with E-state index in [1.54, 1.807) is 24.7 Å². The summed E-state index contributed by atoms with van der Waals surface area (Å²) in [5.74, 6) is -0.369. The van der Waals surface area contributed by atoms with Crippen molar-refractivity contribution in [3.63, 3.8) is 0 Å². The molecule has 150 valence electrons. The summed E-state index contributed by atoms with van der Waals surface area (Å²) < 4.78 is 18.6. The molecule has 0 aliphatic carbocycles. The summed E-state index contributed by atoms with van der Waals surface area (Å²) in [6, 6.07) is 14.7. The van der Waals surface area contributed by atoms with Crippen LogP contribution in [0.5, 0.6) is 0 Å². The van der Waals surface area contributed by atoms with Crippen LogP contribution < -0.4 is 15.5 Å². The normalized spacial score (nSPS) is 10.5. The molecule has 0 saturated heterocycles. The SMILES string of the molecule is Cc1ccc(NC(=O)Nc2ccc(F)cc2)cc1N(c1cccnc1)c1ncco1. The lowest BCUT2D eigenvalue weighted by Crippen LogP contribution is -2.20. The van der Waals surface area contributed by atoms with Crippen LogP contribution in [-0.2, 0) is 0 Å². The van der Waals surface area contributed by atoms with Gasteiger partial charge < -0.3 is 15.1 Å². The lowest BCUT2D eigenvalue weighted by molar-refractivity contribution is 0.262. The monoisotopic (exact) mass is 403 g/mol. The Labute approximate surface area is 172 Å². The van der Waals surface area contributed by atoms with Gasteiger partial charge in [0.25, 0.3) is 0 Å². The number of oxazole rings is 1.